The zero-order chi connectivity index (χ0) is 24.4. The third kappa shape index (κ3) is 4.70. The predicted molar refractivity (Wildman–Crippen MR) is 129 cm³/mol. The van der Waals surface area contributed by atoms with Crippen LogP contribution in [-0.2, 0) is 16.1 Å². The minimum absolute atomic E-state index is 0.0418. The Kier molecular flexibility index (Phi) is 6.74. The van der Waals surface area contributed by atoms with Crippen molar-refractivity contribution in [3.8, 4) is 0 Å². The van der Waals surface area contributed by atoms with Crippen LogP contribution in [0.25, 0.3) is 0 Å². The van der Waals surface area contributed by atoms with Crippen molar-refractivity contribution in [1.82, 2.24) is 10.2 Å². The molecule has 1 saturated heterocycles. The van der Waals surface area contributed by atoms with Gasteiger partial charge in [-0.1, -0.05) is 29.8 Å². The van der Waals surface area contributed by atoms with Gasteiger partial charge < -0.3 is 25.8 Å². The summed E-state index contributed by atoms with van der Waals surface area (Å²) in [5.41, 5.74) is 7.60. The fraction of sp³-hybridized carbons (Fsp3) is 0.333. The van der Waals surface area contributed by atoms with Gasteiger partial charge in [0.1, 0.15) is 0 Å². The molecule has 0 aliphatic carbocycles. The largest absolute Gasteiger partial charge is 0.368 e. The van der Waals surface area contributed by atoms with Gasteiger partial charge >= 0.3 is 6.03 Å². The summed E-state index contributed by atoms with van der Waals surface area (Å²) in [5, 5.41) is 2.77. The summed E-state index contributed by atoms with van der Waals surface area (Å²) in [7, 11) is 0. The van der Waals surface area contributed by atoms with Crippen LogP contribution < -0.4 is 20.9 Å². The smallest absolute Gasteiger partial charge is 0.318 e. The Hall–Kier alpha value is -3.59. The lowest BCUT2D eigenvalue weighted by Gasteiger charge is -2.29. The molecule has 9 nitrogen and oxygen atoms in total. The van der Waals surface area contributed by atoms with Crippen molar-refractivity contribution in [2.45, 2.75) is 32.4 Å². The van der Waals surface area contributed by atoms with E-state index in [0.717, 1.165) is 12.0 Å². The molecule has 0 aromatic heterocycles. The van der Waals surface area contributed by atoms with Gasteiger partial charge in [0.05, 0.1) is 17.1 Å². The summed E-state index contributed by atoms with van der Waals surface area (Å²) in [4.78, 5) is 54.4. The van der Waals surface area contributed by atoms with Crippen LogP contribution in [0.15, 0.2) is 42.5 Å². The van der Waals surface area contributed by atoms with Gasteiger partial charge in [0, 0.05) is 43.5 Å². The van der Waals surface area contributed by atoms with E-state index in [1.165, 1.54) is 0 Å². The number of anilines is 2. The van der Waals surface area contributed by atoms with Crippen molar-refractivity contribution in [2.24, 2.45) is 5.73 Å². The van der Waals surface area contributed by atoms with Crippen LogP contribution in [-0.4, -0.2) is 54.3 Å². The quantitative estimate of drug-likeness (QED) is 0.695. The number of hydrogen-bond acceptors (Lipinski definition) is 4. The molecule has 2 aromatic rings. The molecule has 1 fully saturated rings. The van der Waals surface area contributed by atoms with Gasteiger partial charge in [0.25, 0.3) is 5.91 Å². The molecule has 0 radical (unpaired) electrons. The van der Waals surface area contributed by atoms with Crippen molar-refractivity contribution >= 4 is 46.7 Å². The molecule has 2 aromatic carbocycles. The van der Waals surface area contributed by atoms with Gasteiger partial charge in [-0.25, -0.2) is 4.79 Å². The monoisotopic (exact) mass is 483 g/mol. The first-order valence-corrected chi connectivity index (χ1v) is 11.5. The highest BCUT2D eigenvalue weighted by Crippen LogP contribution is 2.32. The van der Waals surface area contributed by atoms with E-state index in [1.807, 2.05) is 31.2 Å². The van der Waals surface area contributed by atoms with Gasteiger partial charge in [-0.05, 0) is 43.2 Å². The first-order chi connectivity index (χ1) is 16.3. The number of fused-ring (bicyclic) bond motifs is 1. The molecule has 0 bridgehead atoms. The highest BCUT2D eigenvalue weighted by Gasteiger charge is 2.32. The summed E-state index contributed by atoms with van der Waals surface area (Å²) in [5.74, 6) is -0.898. The maximum Gasteiger partial charge on any atom is 0.318 e. The molecule has 3 N–H and O–H groups in total. The van der Waals surface area contributed by atoms with E-state index in [-0.39, 0.29) is 42.5 Å². The van der Waals surface area contributed by atoms with E-state index >= 15 is 0 Å². The van der Waals surface area contributed by atoms with Crippen molar-refractivity contribution < 1.29 is 19.2 Å². The number of nitrogens with two attached hydrogens (primary N) is 1. The molecular formula is C24H26ClN5O4. The number of hydrogen-bond donors (Lipinski definition) is 2. The second kappa shape index (κ2) is 9.72. The van der Waals surface area contributed by atoms with Crippen molar-refractivity contribution in [3.05, 3.63) is 58.6 Å². The van der Waals surface area contributed by atoms with Crippen LogP contribution in [0, 0.1) is 0 Å². The average Bonchev–Trinajstić information content (AvgIpc) is 3.18. The fourth-order valence-corrected chi connectivity index (χ4v) is 4.60. The molecular weight excluding hydrogens is 458 g/mol. The van der Waals surface area contributed by atoms with Crippen molar-refractivity contribution in [2.75, 3.05) is 29.4 Å². The number of rotatable bonds is 4. The number of nitrogens with zero attached hydrogens (tertiary/aromatic N) is 3. The normalized spacial score (nSPS) is 17.9. The van der Waals surface area contributed by atoms with Gasteiger partial charge in [0.15, 0.2) is 0 Å². The van der Waals surface area contributed by atoms with Gasteiger partial charge in [-0.15, -0.1) is 0 Å². The molecule has 178 valence electrons. The lowest BCUT2D eigenvalue weighted by atomic mass is 10.1. The van der Waals surface area contributed by atoms with E-state index in [1.54, 1.807) is 32.9 Å². The Morgan fingerprint density at radius 1 is 1.18 bits per heavy atom. The molecule has 0 unspecified atom stereocenters. The number of nitrogens with one attached hydrogen (secondary N) is 1. The topological polar surface area (TPSA) is 116 Å². The summed E-state index contributed by atoms with van der Waals surface area (Å²) in [6.45, 7) is 2.68. The number of carbonyl (C=O) groups is 4. The van der Waals surface area contributed by atoms with Crippen LogP contribution in [0.4, 0.5) is 16.2 Å². The lowest BCUT2D eigenvalue weighted by molar-refractivity contribution is -0.117. The Morgan fingerprint density at radius 3 is 2.62 bits per heavy atom. The number of primary amides is 1. The molecule has 34 heavy (non-hydrogen) atoms. The zero-order valence-corrected chi connectivity index (χ0v) is 19.5. The van der Waals surface area contributed by atoms with E-state index in [9.17, 15) is 19.2 Å². The number of para-hydroxylation sites is 1. The summed E-state index contributed by atoms with van der Waals surface area (Å²) < 4.78 is 0. The molecule has 10 heteroatoms. The third-order valence-electron chi connectivity index (χ3n) is 6.09. The number of amides is 5. The Balaban J connectivity index is 1.62. The van der Waals surface area contributed by atoms with Gasteiger partial charge in [0.2, 0.25) is 11.8 Å². The lowest BCUT2D eigenvalue weighted by Crippen LogP contribution is -2.49. The standard InChI is InChI=1S/C24H26ClN5O4/c1-15-13-30(20-6-3-2-5-16(20)14-29(15)24(34)27-12-21(26)31)23(33)18-9-8-17(11-19(18)25)28-10-4-7-22(28)32/h2-3,5-6,8-9,11,15H,4,7,10,12-14H2,1H3,(H2,26,31)(H,27,34)/t15-/m1/s1. The maximum absolute atomic E-state index is 13.7. The molecule has 2 aliphatic heterocycles. The molecule has 0 spiro atoms. The van der Waals surface area contributed by atoms with E-state index in [2.05, 4.69) is 5.32 Å². The summed E-state index contributed by atoms with van der Waals surface area (Å²) >= 11 is 6.52. The minimum Gasteiger partial charge on any atom is -0.368 e. The van der Waals surface area contributed by atoms with Crippen LogP contribution in [0.2, 0.25) is 5.02 Å². The van der Waals surface area contributed by atoms with Crippen molar-refractivity contribution in [3.63, 3.8) is 0 Å². The maximum atomic E-state index is 13.7. The third-order valence-corrected chi connectivity index (χ3v) is 6.40. The van der Waals surface area contributed by atoms with Gasteiger partial charge in [-0.3, -0.25) is 14.4 Å². The molecule has 4 rings (SSSR count). The van der Waals surface area contributed by atoms with E-state index < -0.39 is 11.9 Å². The summed E-state index contributed by atoms with van der Waals surface area (Å²) in [6, 6.07) is 11.6. The van der Waals surface area contributed by atoms with E-state index in [4.69, 9.17) is 17.3 Å². The minimum atomic E-state index is -0.637. The molecule has 5 amide bonds. The second-order valence-electron chi connectivity index (χ2n) is 8.46. The second-order valence-corrected chi connectivity index (χ2v) is 8.87. The van der Waals surface area contributed by atoms with Crippen molar-refractivity contribution in [1.29, 1.82) is 0 Å². The first kappa shape index (κ1) is 23.6. The SMILES string of the molecule is C[C@@H]1CN(C(=O)c2ccc(N3CCCC3=O)cc2Cl)c2ccccc2CN1C(=O)NCC(N)=O. The molecule has 0 saturated carbocycles. The van der Waals surface area contributed by atoms with Gasteiger partial charge in [-0.2, -0.15) is 0 Å². The fourth-order valence-electron chi connectivity index (χ4n) is 4.35. The molecule has 1 atom stereocenters. The van der Waals surface area contributed by atoms with Crippen LogP contribution in [0.1, 0.15) is 35.7 Å². The predicted octanol–water partition coefficient (Wildman–Crippen LogP) is 2.51. The number of halogens is 1. The number of benzene rings is 2. The average molecular weight is 484 g/mol. The first-order valence-electron chi connectivity index (χ1n) is 11.1. The highest BCUT2D eigenvalue weighted by atomic mass is 35.5. The Labute approximate surface area is 202 Å². The summed E-state index contributed by atoms with van der Waals surface area (Å²) in [6.07, 6.45) is 1.30. The van der Waals surface area contributed by atoms with Crippen LogP contribution in [0.5, 0.6) is 0 Å². The molecule has 2 aliphatic rings. The number of urea groups is 1. The van der Waals surface area contributed by atoms with Crippen LogP contribution in [0.3, 0.4) is 0 Å². The zero-order valence-electron chi connectivity index (χ0n) is 18.8. The Morgan fingerprint density at radius 2 is 1.94 bits per heavy atom. The molecule has 2 heterocycles. The Bertz CT molecular complexity index is 1150. The highest BCUT2D eigenvalue weighted by molar-refractivity contribution is 6.35. The van der Waals surface area contributed by atoms with E-state index in [0.29, 0.717) is 29.9 Å². The van der Waals surface area contributed by atoms with Crippen LogP contribution >= 0.6 is 11.6 Å². The number of carbonyl (C=O) groups excluding carboxylic acids is 4.